The Morgan fingerprint density at radius 1 is 1.21 bits per heavy atom. The van der Waals surface area contributed by atoms with E-state index in [0.717, 1.165) is 43.7 Å². The molecule has 1 aliphatic rings. The van der Waals surface area contributed by atoms with E-state index < -0.39 is 0 Å². The number of nitrogens with zero attached hydrogens (tertiary/aromatic N) is 1. The van der Waals surface area contributed by atoms with E-state index >= 15 is 0 Å². The van der Waals surface area contributed by atoms with Crippen molar-refractivity contribution >= 4 is 11.6 Å². The van der Waals surface area contributed by atoms with Crippen molar-refractivity contribution in [3.63, 3.8) is 0 Å². The number of ether oxygens (including phenoxy) is 2. The van der Waals surface area contributed by atoms with Gasteiger partial charge >= 0.3 is 0 Å². The predicted molar refractivity (Wildman–Crippen MR) is 111 cm³/mol. The molecule has 3 rings (SSSR count). The molecule has 0 fully saturated rings. The van der Waals surface area contributed by atoms with Crippen molar-refractivity contribution in [1.29, 1.82) is 0 Å². The number of likely N-dealkylation sites (N-methyl/N-ethyl adjacent to an activating group) is 1. The second kappa shape index (κ2) is 9.59. The lowest BCUT2D eigenvalue weighted by Gasteiger charge is -2.29. The van der Waals surface area contributed by atoms with E-state index in [1.165, 1.54) is 6.07 Å². The highest BCUT2D eigenvalue weighted by atomic mass is 35.5. The number of hydrogen-bond donors (Lipinski definition) is 1. The van der Waals surface area contributed by atoms with Gasteiger partial charge in [-0.2, -0.15) is 0 Å². The lowest BCUT2D eigenvalue weighted by atomic mass is 9.89. The SMILES string of the molecule is CCN(CC)CCOc1cc2c(cc1OC)CCNC2c1c(F)cccc1Cl. The minimum atomic E-state index is -0.312. The van der Waals surface area contributed by atoms with E-state index in [-0.39, 0.29) is 11.9 Å². The molecule has 4 nitrogen and oxygen atoms in total. The molecule has 0 bridgehead atoms. The lowest BCUT2D eigenvalue weighted by Crippen LogP contribution is -2.31. The number of halogens is 2. The first-order valence-electron chi connectivity index (χ1n) is 9.82. The van der Waals surface area contributed by atoms with Crippen LogP contribution in [0, 0.1) is 5.82 Å². The number of benzene rings is 2. The number of hydrogen-bond acceptors (Lipinski definition) is 4. The molecule has 0 saturated carbocycles. The smallest absolute Gasteiger partial charge is 0.161 e. The van der Waals surface area contributed by atoms with E-state index in [9.17, 15) is 4.39 Å². The van der Waals surface area contributed by atoms with Crippen molar-refractivity contribution in [2.24, 2.45) is 0 Å². The lowest BCUT2D eigenvalue weighted by molar-refractivity contribution is 0.217. The van der Waals surface area contributed by atoms with Gasteiger partial charge in [0.15, 0.2) is 11.5 Å². The van der Waals surface area contributed by atoms with Gasteiger partial charge in [-0.15, -0.1) is 0 Å². The zero-order valence-electron chi connectivity index (χ0n) is 16.7. The molecule has 2 aromatic carbocycles. The molecule has 1 aliphatic heterocycles. The van der Waals surface area contributed by atoms with Crippen molar-refractivity contribution in [1.82, 2.24) is 10.2 Å². The number of fused-ring (bicyclic) bond motifs is 1. The summed E-state index contributed by atoms with van der Waals surface area (Å²) in [5, 5.41) is 3.82. The van der Waals surface area contributed by atoms with Crippen LogP contribution in [-0.4, -0.2) is 44.8 Å². The zero-order valence-corrected chi connectivity index (χ0v) is 17.5. The molecule has 0 aliphatic carbocycles. The van der Waals surface area contributed by atoms with E-state index in [1.54, 1.807) is 19.2 Å². The van der Waals surface area contributed by atoms with Gasteiger partial charge in [0.05, 0.1) is 13.2 Å². The van der Waals surface area contributed by atoms with E-state index in [0.29, 0.717) is 28.7 Å². The first-order chi connectivity index (χ1) is 13.6. The van der Waals surface area contributed by atoms with Crippen LogP contribution in [0.25, 0.3) is 0 Å². The number of rotatable bonds is 8. The van der Waals surface area contributed by atoms with Crippen LogP contribution in [-0.2, 0) is 6.42 Å². The van der Waals surface area contributed by atoms with Gasteiger partial charge in [-0.3, -0.25) is 0 Å². The Balaban J connectivity index is 1.92. The normalized spacial score (nSPS) is 16.1. The summed E-state index contributed by atoms with van der Waals surface area (Å²) in [4.78, 5) is 2.30. The maximum Gasteiger partial charge on any atom is 0.161 e. The quantitative estimate of drug-likeness (QED) is 0.702. The first-order valence-corrected chi connectivity index (χ1v) is 10.2. The topological polar surface area (TPSA) is 33.7 Å². The molecule has 1 atom stereocenters. The van der Waals surface area contributed by atoms with Crippen molar-refractivity contribution in [3.8, 4) is 11.5 Å². The van der Waals surface area contributed by atoms with Gasteiger partial charge in [-0.25, -0.2) is 4.39 Å². The summed E-state index contributed by atoms with van der Waals surface area (Å²) in [5.41, 5.74) is 2.58. The van der Waals surface area contributed by atoms with Gasteiger partial charge in [0.25, 0.3) is 0 Å². The molecule has 0 aromatic heterocycles. The zero-order chi connectivity index (χ0) is 20.1. The molecule has 1 N–H and O–H groups in total. The third kappa shape index (κ3) is 4.43. The Morgan fingerprint density at radius 2 is 2.00 bits per heavy atom. The monoisotopic (exact) mass is 406 g/mol. The molecule has 0 saturated heterocycles. The molecular formula is C22H28ClFN2O2. The molecule has 0 spiro atoms. The Morgan fingerprint density at radius 3 is 2.68 bits per heavy atom. The summed E-state index contributed by atoms with van der Waals surface area (Å²) in [6.45, 7) is 8.39. The van der Waals surface area contributed by atoms with E-state index in [2.05, 4.69) is 24.1 Å². The Hall–Kier alpha value is -1.82. The maximum absolute atomic E-state index is 14.6. The average Bonchev–Trinajstić information content (AvgIpc) is 2.70. The summed E-state index contributed by atoms with van der Waals surface area (Å²) >= 11 is 6.34. The minimum absolute atomic E-state index is 0.308. The largest absolute Gasteiger partial charge is 0.493 e. The highest BCUT2D eigenvalue weighted by Gasteiger charge is 2.27. The second-order valence-corrected chi connectivity index (χ2v) is 7.26. The molecule has 6 heteroatoms. The van der Waals surface area contributed by atoms with Crippen molar-refractivity contribution in [2.45, 2.75) is 26.3 Å². The average molecular weight is 407 g/mol. The van der Waals surface area contributed by atoms with Crippen LogP contribution in [0.4, 0.5) is 4.39 Å². The highest BCUT2D eigenvalue weighted by Crippen LogP contribution is 2.39. The molecule has 1 unspecified atom stereocenters. The Kier molecular flexibility index (Phi) is 7.16. The van der Waals surface area contributed by atoms with Crippen LogP contribution in [0.3, 0.4) is 0 Å². The summed E-state index contributed by atoms with van der Waals surface area (Å²) in [6, 6.07) is 8.46. The molecule has 28 heavy (non-hydrogen) atoms. The highest BCUT2D eigenvalue weighted by molar-refractivity contribution is 6.31. The molecular weight excluding hydrogens is 379 g/mol. The van der Waals surface area contributed by atoms with Crippen molar-refractivity contribution in [3.05, 3.63) is 57.9 Å². The first kappa shape index (κ1) is 20.9. The Bertz CT molecular complexity index is 791. The molecule has 0 amide bonds. The van der Waals surface area contributed by atoms with E-state index in [1.807, 2.05) is 12.1 Å². The third-order valence-corrected chi connectivity index (χ3v) is 5.66. The second-order valence-electron chi connectivity index (χ2n) is 6.85. The third-order valence-electron chi connectivity index (χ3n) is 5.33. The van der Waals surface area contributed by atoms with Crippen LogP contribution in [0.15, 0.2) is 30.3 Å². The van der Waals surface area contributed by atoms with Crippen molar-refractivity contribution < 1.29 is 13.9 Å². The molecule has 1 heterocycles. The summed E-state index contributed by atoms with van der Waals surface area (Å²) in [6.07, 6.45) is 0.841. The van der Waals surface area contributed by atoms with Gasteiger partial charge in [-0.05, 0) is 54.9 Å². The fourth-order valence-corrected chi connectivity index (χ4v) is 3.98. The minimum Gasteiger partial charge on any atom is -0.493 e. The van der Waals surface area contributed by atoms with Crippen LogP contribution in [0.1, 0.15) is 36.6 Å². The molecule has 152 valence electrons. The fourth-order valence-electron chi connectivity index (χ4n) is 3.71. The standard InChI is InChI=1S/C22H28ClFN2O2/c1-4-26(5-2)11-12-28-20-14-16-15(13-19(20)27-3)9-10-25-22(16)21-17(23)7-6-8-18(21)24/h6-8,13-14,22,25H,4-5,9-12H2,1-3H3. The summed E-state index contributed by atoms with van der Waals surface area (Å²) in [7, 11) is 1.64. The predicted octanol–water partition coefficient (Wildman–Crippen LogP) is 4.44. The molecule has 2 aromatic rings. The van der Waals surface area contributed by atoms with Gasteiger partial charge in [0, 0.05) is 23.7 Å². The summed E-state index contributed by atoms with van der Waals surface area (Å²) in [5.74, 6) is 1.07. The van der Waals surface area contributed by atoms with E-state index in [4.69, 9.17) is 21.1 Å². The van der Waals surface area contributed by atoms with Crippen molar-refractivity contribution in [2.75, 3.05) is 39.9 Å². The van der Waals surface area contributed by atoms with Crippen LogP contribution >= 0.6 is 11.6 Å². The molecule has 0 radical (unpaired) electrons. The Labute approximate surface area is 171 Å². The van der Waals surface area contributed by atoms with Crippen LogP contribution in [0.5, 0.6) is 11.5 Å². The fraction of sp³-hybridized carbons (Fsp3) is 0.455. The summed E-state index contributed by atoms with van der Waals surface area (Å²) < 4.78 is 26.2. The van der Waals surface area contributed by atoms with Gasteiger partial charge in [0.1, 0.15) is 12.4 Å². The van der Waals surface area contributed by atoms with Crippen LogP contribution in [0.2, 0.25) is 5.02 Å². The maximum atomic E-state index is 14.6. The van der Waals surface area contributed by atoms with Gasteiger partial charge in [0.2, 0.25) is 0 Å². The number of methoxy groups -OCH3 is 1. The number of nitrogens with one attached hydrogen (secondary N) is 1. The van der Waals surface area contributed by atoms with Gasteiger partial charge < -0.3 is 19.7 Å². The van der Waals surface area contributed by atoms with Gasteiger partial charge in [-0.1, -0.05) is 31.5 Å². The van der Waals surface area contributed by atoms with Crippen LogP contribution < -0.4 is 14.8 Å².